The molecule has 0 spiro atoms. The Morgan fingerprint density at radius 1 is 1.23 bits per heavy atom. The molecule has 2 heterocycles. The summed E-state index contributed by atoms with van der Waals surface area (Å²) in [6, 6.07) is 9.95. The number of fused-ring (bicyclic) bond motifs is 1. The van der Waals surface area contributed by atoms with Gasteiger partial charge in [0.25, 0.3) is 5.91 Å². The number of hydrogen-bond acceptors (Lipinski definition) is 3. The Morgan fingerprint density at radius 2 is 1.95 bits per heavy atom. The van der Waals surface area contributed by atoms with Crippen molar-refractivity contribution in [3.8, 4) is 0 Å². The molecule has 4 nitrogen and oxygen atoms in total. The second-order valence-corrected chi connectivity index (χ2v) is 5.31. The Labute approximate surface area is 143 Å². The van der Waals surface area contributed by atoms with Crippen molar-refractivity contribution in [1.29, 1.82) is 0 Å². The van der Waals surface area contributed by atoms with Crippen LogP contribution in [0.25, 0.3) is 10.9 Å². The average Bonchev–Trinajstić information content (AvgIpc) is 2.54. The monoisotopic (exact) mass is 341 g/mol. The van der Waals surface area contributed by atoms with E-state index in [0.717, 1.165) is 42.4 Å². The van der Waals surface area contributed by atoms with Gasteiger partial charge in [-0.2, -0.15) is 0 Å². The van der Waals surface area contributed by atoms with E-state index in [1.165, 1.54) is 0 Å². The quantitative estimate of drug-likeness (QED) is 0.913. The summed E-state index contributed by atoms with van der Waals surface area (Å²) in [5, 5.41) is 4.34. The molecule has 1 aromatic carbocycles. The molecule has 6 heteroatoms. The fraction of sp³-hybridized carbons (Fsp3) is 0.375. The summed E-state index contributed by atoms with van der Waals surface area (Å²) in [4.78, 5) is 18.7. The lowest BCUT2D eigenvalue weighted by atomic mass is 10.0. The van der Waals surface area contributed by atoms with Crippen LogP contribution < -0.4 is 5.32 Å². The largest absolute Gasteiger partial charge is 0.339 e. The lowest BCUT2D eigenvalue weighted by Gasteiger charge is -2.31. The van der Waals surface area contributed by atoms with Gasteiger partial charge in [0.05, 0.1) is 5.52 Å². The van der Waals surface area contributed by atoms with Crippen LogP contribution >= 0.6 is 24.8 Å². The first-order valence-electron chi connectivity index (χ1n) is 7.08. The Bertz CT molecular complexity index is 630. The third-order valence-electron chi connectivity index (χ3n) is 4.03. The van der Waals surface area contributed by atoms with Crippen molar-refractivity contribution in [2.75, 3.05) is 20.1 Å². The summed E-state index contributed by atoms with van der Waals surface area (Å²) in [7, 11) is 1.91. The van der Waals surface area contributed by atoms with Crippen LogP contribution in [0.3, 0.4) is 0 Å². The molecule has 1 aliphatic heterocycles. The van der Waals surface area contributed by atoms with E-state index in [4.69, 9.17) is 0 Å². The lowest BCUT2D eigenvalue weighted by molar-refractivity contribution is 0.0703. The predicted octanol–water partition coefficient (Wildman–Crippen LogP) is 2.90. The van der Waals surface area contributed by atoms with E-state index in [0.29, 0.717) is 6.04 Å². The molecule has 120 valence electrons. The predicted molar refractivity (Wildman–Crippen MR) is 94.2 cm³/mol. The van der Waals surface area contributed by atoms with Gasteiger partial charge >= 0.3 is 0 Å². The number of hydrogen-bond donors (Lipinski definition) is 1. The van der Waals surface area contributed by atoms with Crippen LogP contribution in [0.15, 0.2) is 36.5 Å². The molecule has 1 fully saturated rings. The molecule has 1 saturated heterocycles. The highest BCUT2D eigenvalue weighted by Crippen LogP contribution is 2.17. The maximum Gasteiger partial charge on any atom is 0.253 e. The first kappa shape index (κ1) is 18.7. The van der Waals surface area contributed by atoms with E-state index in [1.54, 1.807) is 6.20 Å². The van der Waals surface area contributed by atoms with Crippen molar-refractivity contribution in [1.82, 2.24) is 15.2 Å². The molecule has 1 aromatic heterocycles. The molecule has 0 saturated carbocycles. The van der Waals surface area contributed by atoms with E-state index in [1.807, 2.05) is 42.3 Å². The maximum atomic E-state index is 12.6. The molecule has 0 unspecified atom stereocenters. The first-order valence-corrected chi connectivity index (χ1v) is 7.08. The number of benzene rings is 1. The van der Waals surface area contributed by atoms with Crippen molar-refractivity contribution in [3.63, 3.8) is 0 Å². The number of rotatable bonds is 2. The minimum absolute atomic E-state index is 0. The van der Waals surface area contributed by atoms with Gasteiger partial charge in [0.15, 0.2) is 0 Å². The maximum absolute atomic E-state index is 12.6. The fourth-order valence-corrected chi connectivity index (χ4v) is 2.77. The standard InChI is InChI=1S/C16H19N3O.2ClH/c1-19(14-6-9-17-10-7-14)16(20)13-4-5-15-12(11-13)3-2-8-18-15;;/h2-5,8,11,14,17H,6-7,9-10H2,1H3;2*1H. The van der Waals surface area contributed by atoms with E-state index >= 15 is 0 Å². The smallest absolute Gasteiger partial charge is 0.253 e. The summed E-state index contributed by atoms with van der Waals surface area (Å²) in [6.07, 6.45) is 3.82. The summed E-state index contributed by atoms with van der Waals surface area (Å²) in [6.45, 7) is 1.98. The van der Waals surface area contributed by atoms with Gasteiger partial charge in [0.2, 0.25) is 0 Å². The SMILES string of the molecule is CN(C(=O)c1ccc2ncccc2c1)C1CCNCC1.Cl.Cl. The number of piperidine rings is 1. The van der Waals surface area contributed by atoms with Crippen LogP contribution in [-0.4, -0.2) is 42.0 Å². The van der Waals surface area contributed by atoms with E-state index in [2.05, 4.69) is 10.3 Å². The highest BCUT2D eigenvalue weighted by Gasteiger charge is 2.22. The minimum atomic E-state index is 0. The third-order valence-corrected chi connectivity index (χ3v) is 4.03. The van der Waals surface area contributed by atoms with Crippen molar-refractivity contribution in [2.45, 2.75) is 18.9 Å². The summed E-state index contributed by atoms with van der Waals surface area (Å²) in [5.41, 5.74) is 1.67. The fourth-order valence-electron chi connectivity index (χ4n) is 2.77. The van der Waals surface area contributed by atoms with Crippen LogP contribution in [0.4, 0.5) is 0 Å². The number of pyridine rings is 1. The lowest BCUT2D eigenvalue weighted by Crippen LogP contribution is -2.43. The zero-order valence-electron chi connectivity index (χ0n) is 12.5. The van der Waals surface area contributed by atoms with E-state index in [9.17, 15) is 4.79 Å². The third kappa shape index (κ3) is 3.88. The van der Waals surface area contributed by atoms with Crippen LogP contribution in [0.5, 0.6) is 0 Å². The molecule has 1 aliphatic rings. The number of carbonyl (C=O) groups excluding carboxylic acids is 1. The Hall–Kier alpha value is -1.36. The second-order valence-electron chi connectivity index (χ2n) is 5.31. The molecule has 0 atom stereocenters. The van der Waals surface area contributed by atoms with Gasteiger partial charge in [-0.1, -0.05) is 6.07 Å². The topological polar surface area (TPSA) is 45.2 Å². The number of nitrogens with one attached hydrogen (secondary N) is 1. The minimum Gasteiger partial charge on any atom is -0.339 e. The van der Waals surface area contributed by atoms with E-state index in [-0.39, 0.29) is 30.7 Å². The van der Waals surface area contributed by atoms with Crippen LogP contribution in [0.1, 0.15) is 23.2 Å². The van der Waals surface area contributed by atoms with Crippen LogP contribution in [0.2, 0.25) is 0 Å². The molecule has 2 aromatic rings. The molecule has 1 N–H and O–H groups in total. The molecule has 0 radical (unpaired) electrons. The van der Waals surface area contributed by atoms with Crippen molar-refractivity contribution in [2.24, 2.45) is 0 Å². The van der Waals surface area contributed by atoms with Gasteiger partial charge in [-0.15, -0.1) is 24.8 Å². The highest BCUT2D eigenvalue weighted by molar-refractivity contribution is 5.97. The van der Waals surface area contributed by atoms with Gasteiger partial charge in [0.1, 0.15) is 0 Å². The zero-order valence-corrected chi connectivity index (χ0v) is 14.1. The molecule has 22 heavy (non-hydrogen) atoms. The van der Waals surface area contributed by atoms with Gasteiger partial charge in [0, 0.05) is 30.2 Å². The molecule has 3 rings (SSSR count). The Kier molecular flexibility index (Phi) is 7.07. The molecule has 0 bridgehead atoms. The van der Waals surface area contributed by atoms with Gasteiger partial charge < -0.3 is 10.2 Å². The summed E-state index contributed by atoms with van der Waals surface area (Å²) < 4.78 is 0. The van der Waals surface area contributed by atoms with Crippen molar-refractivity contribution in [3.05, 3.63) is 42.1 Å². The van der Waals surface area contributed by atoms with Crippen LogP contribution in [-0.2, 0) is 0 Å². The average molecular weight is 342 g/mol. The summed E-state index contributed by atoms with van der Waals surface area (Å²) >= 11 is 0. The van der Waals surface area contributed by atoms with Gasteiger partial charge in [-0.3, -0.25) is 9.78 Å². The summed E-state index contributed by atoms with van der Waals surface area (Å²) in [5.74, 6) is 0.0997. The number of nitrogens with zero attached hydrogens (tertiary/aromatic N) is 2. The van der Waals surface area contributed by atoms with E-state index < -0.39 is 0 Å². The second kappa shape index (κ2) is 8.32. The number of aromatic nitrogens is 1. The molecule has 0 aliphatic carbocycles. The van der Waals surface area contributed by atoms with Gasteiger partial charge in [-0.25, -0.2) is 0 Å². The van der Waals surface area contributed by atoms with Crippen LogP contribution in [0, 0.1) is 0 Å². The number of amides is 1. The van der Waals surface area contributed by atoms with Crippen molar-refractivity contribution < 1.29 is 4.79 Å². The molecular weight excluding hydrogens is 321 g/mol. The molecule has 1 amide bonds. The number of carbonyl (C=O) groups is 1. The first-order chi connectivity index (χ1) is 9.75. The number of halogens is 2. The normalized spacial score (nSPS) is 14.8. The zero-order chi connectivity index (χ0) is 13.9. The Morgan fingerprint density at radius 3 is 2.68 bits per heavy atom. The van der Waals surface area contributed by atoms with Crippen molar-refractivity contribution >= 4 is 41.6 Å². The highest BCUT2D eigenvalue weighted by atomic mass is 35.5. The van der Waals surface area contributed by atoms with Gasteiger partial charge in [-0.05, 0) is 50.2 Å². The Balaban J connectivity index is 0.00000121. The molecular formula is C16H21Cl2N3O.